The third kappa shape index (κ3) is 7.11. The molecule has 3 N–H and O–H groups in total. The topological polar surface area (TPSA) is 92.5 Å². The van der Waals surface area contributed by atoms with Crippen LogP contribution in [0.1, 0.15) is 63.5 Å². The van der Waals surface area contributed by atoms with Gasteiger partial charge in [0.2, 0.25) is 17.7 Å². The quantitative estimate of drug-likeness (QED) is 0.657. The van der Waals surface area contributed by atoms with Crippen molar-refractivity contribution in [2.45, 2.75) is 57.9 Å². The first-order valence-electron chi connectivity index (χ1n) is 10.0. The first-order valence-corrected chi connectivity index (χ1v) is 10.0. The van der Waals surface area contributed by atoms with Crippen molar-refractivity contribution in [2.24, 2.45) is 11.7 Å². The van der Waals surface area contributed by atoms with Crippen LogP contribution in [0.2, 0.25) is 0 Å². The molecule has 1 saturated carbocycles. The van der Waals surface area contributed by atoms with Gasteiger partial charge in [0, 0.05) is 19.0 Å². The summed E-state index contributed by atoms with van der Waals surface area (Å²) in [5, 5.41) is 2.44. The van der Waals surface area contributed by atoms with Gasteiger partial charge in [-0.05, 0) is 24.5 Å². The maximum absolute atomic E-state index is 14.2. The van der Waals surface area contributed by atoms with Gasteiger partial charge < -0.3 is 16.0 Å². The van der Waals surface area contributed by atoms with E-state index in [1.165, 1.54) is 24.3 Å². The third-order valence-corrected chi connectivity index (χ3v) is 5.34. The molecule has 1 aromatic carbocycles. The van der Waals surface area contributed by atoms with E-state index in [2.05, 4.69) is 5.32 Å². The van der Waals surface area contributed by atoms with Crippen molar-refractivity contribution in [3.05, 3.63) is 35.4 Å². The number of rotatable bonds is 9. The minimum absolute atomic E-state index is 0.266. The molecule has 2 rings (SSSR count). The summed E-state index contributed by atoms with van der Waals surface area (Å²) in [4.78, 5) is 37.2. The molecule has 1 unspecified atom stereocenters. The summed E-state index contributed by atoms with van der Waals surface area (Å²) in [6.07, 6.45) is 6.10. The Morgan fingerprint density at radius 3 is 2.34 bits per heavy atom. The highest BCUT2D eigenvalue weighted by Crippen LogP contribution is 2.27. The fourth-order valence-electron chi connectivity index (χ4n) is 3.91. The van der Waals surface area contributed by atoms with E-state index in [0.29, 0.717) is 12.5 Å². The van der Waals surface area contributed by atoms with Gasteiger partial charge in [0.1, 0.15) is 11.6 Å². The van der Waals surface area contributed by atoms with Gasteiger partial charge in [0.15, 0.2) is 0 Å². The van der Waals surface area contributed by atoms with E-state index in [1.54, 1.807) is 0 Å². The molecule has 1 aliphatic carbocycles. The zero-order valence-corrected chi connectivity index (χ0v) is 16.8. The van der Waals surface area contributed by atoms with Gasteiger partial charge in [0.25, 0.3) is 0 Å². The number of nitrogens with two attached hydrogens (primary N) is 1. The van der Waals surface area contributed by atoms with Crippen molar-refractivity contribution >= 4 is 17.7 Å². The molecule has 29 heavy (non-hydrogen) atoms. The van der Waals surface area contributed by atoms with Crippen molar-refractivity contribution in [3.63, 3.8) is 0 Å². The maximum Gasteiger partial charge on any atom is 0.237 e. The third-order valence-electron chi connectivity index (χ3n) is 5.34. The Labute approximate surface area is 169 Å². The van der Waals surface area contributed by atoms with Crippen molar-refractivity contribution in [1.82, 2.24) is 10.2 Å². The number of hydrogen-bond acceptors (Lipinski definition) is 3. The second-order valence-electron chi connectivity index (χ2n) is 7.67. The number of halogens is 2. The molecule has 0 aliphatic heterocycles. The fourth-order valence-corrected chi connectivity index (χ4v) is 3.91. The van der Waals surface area contributed by atoms with Crippen LogP contribution in [0.25, 0.3) is 0 Å². The van der Waals surface area contributed by atoms with Gasteiger partial charge >= 0.3 is 0 Å². The van der Waals surface area contributed by atoms with Crippen LogP contribution in [0.15, 0.2) is 18.2 Å². The molecule has 6 nitrogen and oxygen atoms in total. The molecule has 160 valence electrons. The lowest BCUT2D eigenvalue weighted by Gasteiger charge is -2.28. The molecule has 0 aromatic heterocycles. The lowest BCUT2D eigenvalue weighted by Crippen LogP contribution is -2.42. The molecule has 1 atom stereocenters. The highest BCUT2D eigenvalue weighted by molar-refractivity contribution is 5.84. The minimum atomic E-state index is -1.17. The number of nitrogens with zero attached hydrogens (tertiary/aromatic N) is 1. The summed E-state index contributed by atoms with van der Waals surface area (Å²) in [5.41, 5.74) is 4.92. The van der Waals surface area contributed by atoms with E-state index < -0.39 is 35.4 Å². The van der Waals surface area contributed by atoms with E-state index in [4.69, 9.17) is 5.73 Å². The monoisotopic (exact) mass is 409 g/mol. The number of amides is 3. The van der Waals surface area contributed by atoms with Crippen LogP contribution in [-0.2, 0) is 14.4 Å². The predicted molar refractivity (Wildman–Crippen MR) is 104 cm³/mol. The zero-order valence-electron chi connectivity index (χ0n) is 16.8. The summed E-state index contributed by atoms with van der Waals surface area (Å²) < 4.78 is 28.4. The number of carbonyl (C=O) groups is 3. The summed E-state index contributed by atoms with van der Waals surface area (Å²) in [6, 6.07) is 2.18. The van der Waals surface area contributed by atoms with Crippen molar-refractivity contribution in [1.29, 1.82) is 0 Å². The molecule has 0 radical (unpaired) electrons. The molecule has 8 heteroatoms. The summed E-state index contributed by atoms with van der Waals surface area (Å²) in [7, 11) is 0. The molecule has 1 aromatic rings. The number of nitrogens with one attached hydrogen (secondary N) is 1. The molecule has 1 fully saturated rings. The van der Waals surface area contributed by atoms with Gasteiger partial charge in [-0.15, -0.1) is 0 Å². The standard InChI is InChI=1S/C21H29F2N3O3/c1-14(27)25-18(21-16(22)8-5-9-17(21)23)12-20(29)26(13-19(24)28)11-10-15-6-3-2-4-7-15/h5,8-9,15,18H,2-4,6-7,10-13H2,1H3,(H2,24,28)(H,25,27). The maximum atomic E-state index is 14.2. The average molecular weight is 409 g/mol. The Morgan fingerprint density at radius 1 is 1.17 bits per heavy atom. The predicted octanol–water partition coefficient (Wildman–Crippen LogP) is 2.82. The van der Waals surface area contributed by atoms with Gasteiger partial charge in [-0.3, -0.25) is 14.4 Å². The van der Waals surface area contributed by atoms with Crippen molar-refractivity contribution < 1.29 is 23.2 Å². The Balaban J connectivity index is 2.13. The van der Waals surface area contributed by atoms with Gasteiger partial charge in [-0.25, -0.2) is 8.78 Å². The fraction of sp³-hybridized carbons (Fsp3) is 0.571. The summed E-state index contributed by atoms with van der Waals surface area (Å²) in [6.45, 7) is 1.29. The molecular weight excluding hydrogens is 380 g/mol. The lowest BCUT2D eigenvalue weighted by atomic mass is 9.87. The van der Waals surface area contributed by atoms with Crippen LogP contribution in [0.3, 0.4) is 0 Å². The van der Waals surface area contributed by atoms with Crippen LogP contribution in [0.5, 0.6) is 0 Å². The molecular formula is C21H29F2N3O3. The van der Waals surface area contributed by atoms with Gasteiger partial charge in [0.05, 0.1) is 19.0 Å². The summed E-state index contributed by atoms with van der Waals surface area (Å²) >= 11 is 0. The van der Waals surface area contributed by atoms with E-state index in [0.717, 1.165) is 44.2 Å². The average Bonchev–Trinajstić information content (AvgIpc) is 2.65. The summed E-state index contributed by atoms with van der Waals surface area (Å²) in [5.74, 6) is -2.87. The van der Waals surface area contributed by atoms with E-state index in [-0.39, 0.29) is 18.5 Å². The second kappa shape index (κ2) is 10.9. The Bertz CT molecular complexity index is 716. The smallest absolute Gasteiger partial charge is 0.237 e. The van der Waals surface area contributed by atoms with E-state index >= 15 is 0 Å². The minimum Gasteiger partial charge on any atom is -0.368 e. The largest absolute Gasteiger partial charge is 0.368 e. The number of primary amides is 1. The molecule has 1 aliphatic rings. The normalized spacial score (nSPS) is 15.6. The van der Waals surface area contributed by atoms with Gasteiger partial charge in [-0.2, -0.15) is 0 Å². The van der Waals surface area contributed by atoms with Gasteiger partial charge in [-0.1, -0.05) is 38.2 Å². The van der Waals surface area contributed by atoms with E-state index in [9.17, 15) is 23.2 Å². The van der Waals surface area contributed by atoms with Crippen LogP contribution in [0.4, 0.5) is 8.78 Å². The highest BCUT2D eigenvalue weighted by atomic mass is 19.1. The Hall–Kier alpha value is -2.51. The van der Waals surface area contributed by atoms with Crippen LogP contribution >= 0.6 is 0 Å². The van der Waals surface area contributed by atoms with Crippen LogP contribution in [-0.4, -0.2) is 35.7 Å². The van der Waals surface area contributed by atoms with Crippen LogP contribution < -0.4 is 11.1 Å². The SMILES string of the molecule is CC(=O)NC(CC(=O)N(CCC1CCCCC1)CC(N)=O)c1c(F)cccc1F. The Kier molecular flexibility index (Phi) is 8.54. The van der Waals surface area contributed by atoms with Crippen LogP contribution in [0, 0.1) is 17.6 Å². The lowest BCUT2D eigenvalue weighted by molar-refractivity contribution is -0.136. The second-order valence-corrected chi connectivity index (χ2v) is 7.67. The number of carbonyl (C=O) groups excluding carboxylic acids is 3. The zero-order chi connectivity index (χ0) is 21.4. The molecule has 3 amide bonds. The first kappa shape index (κ1) is 22.8. The van der Waals surface area contributed by atoms with E-state index in [1.807, 2.05) is 0 Å². The first-order chi connectivity index (χ1) is 13.8. The van der Waals surface area contributed by atoms with Crippen molar-refractivity contribution in [3.8, 4) is 0 Å². The Morgan fingerprint density at radius 2 is 1.79 bits per heavy atom. The number of benzene rings is 1. The van der Waals surface area contributed by atoms with Crippen molar-refractivity contribution in [2.75, 3.05) is 13.1 Å². The molecule has 0 bridgehead atoms. The molecule has 0 heterocycles. The number of hydrogen-bond donors (Lipinski definition) is 2. The molecule has 0 spiro atoms. The highest BCUT2D eigenvalue weighted by Gasteiger charge is 2.27. The molecule has 0 saturated heterocycles.